The molecule has 6 nitrogen and oxygen atoms in total. The summed E-state index contributed by atoms with van der Waals surface area (Å²) in [6, 6.07) is 9.87. The van der Waals surface area contributed by atoms with Crippen LogP contribution in [-0.4, -0.2) is 42.8 Å². The summed E-state index contributed by atoms with van der Waals surface area (Å²) < 4.78 is 49.7. The van der Waals surface area contributed by atoms with Crippen molar-refractivity contribution in [1.82, 2.24) is 9.88 Å². The van der Waals surface area contributed by atoms with Gasteiger partial charge in [-0.15, -0.1) is 0 Å². The zero-order valence-electron chi connectivity index (χ0n) is 22.7. The average Bonchev–Trinajstić information content (AvgIpc) is 2.81. The maximum absolute atomic E-state index is 13.8. The van der Waals surface area contributed by atoms with Crippen LogP contribution in [0.1, 0.15) is 29.1 Å². The molecule has 3 rings (SSSR count). The molecule has 0 fully saturated rings. The highest BCUT2D eigenvalue weighted by atomic mass is 19.1. The third-order valence-electron chi connectivity index (χ3n) is 4.85. The number of carbonyl (C=O) groups is 1. The molecular weight excluding hydrogens is 419 g/mol. The first kappa shape index (κ1) is 18.8. The molecule has 170 valence electrons. The fraction of sp³-hybridized carbons (Fsp3) is 0.269. The van der Waals surface area contributed by atoms with Gasteiger partial charge in [-0.25, -0.2) is 4.39 Å². The summed E-state index contributed by atoms with van der Waals surface area (Å²) >= 11 is 0. The zero-order valence-corrected chi connectivity index (χ0v) is 18.7. The standard InChI is InChI=1S/C26H27FN4O2/c1-5-33-25-14-24-22(13-18(25)12-21(32)7-6-10-31(3)4)26(19(15-28)16-29-24)30-20-8-9-23(27)17(2)11-20/h6-9,11,13-14,16H,5,10,12H2,1-4H3,(H,29,30)/b7-6+/i3D3,6D. The van der Waals surface area contributed by atoms with Crippen molar-refractivity contribution in [3.63, 3.8) is 0 Å². The minimum Gasteiger partial charge on any atom is -0.494 e. The molecule has 0 bridgehead atoms. The van der Waals surface area contributed by atoms with Gasteiger partial charge in [-0.3, -0.25) is 9.78 Å². The molecule has 0 atom stereocenters. The largest absolute Gasteiger partial charge is 0.494 e. The van der Waals surface area contributed by atoms with E-state index in [0.29, 0.717) is 45.8 Å². The first-order chi connectivity index (χ1) is 17.4. The smallest absolute Gasteiger partial charge is 0.159 e. The van der Waals surface area contributed by atoms with Gasteiger partial charge >= 0.3 is 0 Å². The molecule has 0 spiro atoms. The maximum Gasteiger partial charge on any atom is 0.159 e. The Morgan fingerprint density at radius 2 is 2.24 bits per heavy atom. The molecule has 33 heavy (non-hydrogen) atoms. The van der Waals surface area contributed by atoms with Crippen LogP contribution in [0.25, 0.3) is 10.9 Å². The van der Waals surface area contributed by atoms with Gasteiger partial charge in [0.05, 0.1) is 24.7 Å². The van der Waals surface area contributed by atoms with Crippen LogP contribution >= 0.6 is 0 Å². The molecule has 2 aromatic carbocycles. The summed E-state index contributed by atoms with van der Waals surface area (Å²) in [5.74, 6) is -0.319. The second-order valence-electron chi connectivity index (χ2n) is 7.51. The van der Waals surface area contributed by atoms with Crippen LogP contribution in [-0.2, 0) is 11.2 Å². The number of nitrogens with one attached hydrogen (secondary N) is 1. The zero-order chi connectivity index (χ0) is 27.3. The van der Waals surface area contributed by atoms with E-state index in [-0.39, 0.29) is 30.4 Å². The van der Waals surface area contributed by atoms with E-state index in [9.17, 15) is 14.4 Å². The van der Waals surface area contributed by atoms with Crippen molar-refractivity contribution >= 4 is 28.1 Å². The number of hydrogen-bond acceptors (Lipinski definition) is 6. The summed E-state index contributed by atoms with van der Waals surface area (Å²) in [6.07, 6.45) is 2.42. The van der Waals surface area contributed by atoms with Gasteiger partial charge in [-0.05, 0) is 63.8 Å². The molecular formula is C26H27FN4O2. The predicted octanol–water partition coefficient (Wildman–Crippen LogP) is 4.93. The number of nitriles is 1. The molecule has 1 N–H and O–H groups in total. The van der Waals surface area contributed by atoms with Crippen molar-refractivity contribution in [2.45, 2.75) is 20.3 Å². The summed E-state index contributed by atoms with van der Waals surface area (Å²) in [5, 5.41) is 13.4. The number of pyridine rings is 1. The SMILES string of the molecule is [2H]/C(=C\C(=O)Cc1cc2c(Nc3ccc(F)c(C)c3)c(C#N)cnc2cc1OCC)CN(C)C([2H])([2H])[2H]. The molecule has 1 heterocycles. The third kappa shape index (κ3) is 5.93. The lowest BCUT2D eigenvalue weighted by molar-refractivity contribution is -0.114. The van der Waals surface area contributed by atoms with Gasteiger partial charge in [0.25, 0.3) is 0 Å². The number of ether oxygens (including phenoxy) is 1. The van der Waals surface area contributed by atoms with E-state index in [1.54, 1.807) is 38.1 Å². The first-order valence-corrected chi connectivity index (χ1v) is 10.4. The molecule has 1 aromatic heterocycles. The highest BCUT2D eigenvalue weighted by molar-refractivity contribution is 5.98. The molecule has 0 aliphatic heterocycles. The van der Waals surface area contributed by atoms with Crippen molar-refractivity contribution in [1.29, 1.82) is 5.26 Å². The third-order valence-corrected chi connectivity index (χ3v) is 4.85. The van der Waals surface area contributed by atoms with E-state index in [1.165, 1.54) is 19.3 Å². The number of carbonyl (C=O) groups excluding carboxylic acids is 1. The van der Waals surface area contributed by atoms with Crippen LogP contribution in [0, 0.1) is 24.1 Å². The fourth-order valence-corrected chi connectivity index (χ4v) is 3.31. The fourth-order valence-electron chi connectivity index (χ4n) is 3.31. The lowest BCUT2D eigenvalue weighted by atomic mass is 10.0. The lowest BCUT2D eigenvalue weighted by Crippen LogP contribution is -2.11. The number of benzene rings is 2. The summed E-state index contributed by atoms with van der Waals surface area (Å²) in [7, 11) is 1.35. The number of allylic oxidation sites excluding steroid dienone is 1. The number of halogens is 1. The van der Waals surface area contributed by atoms with Gasteiger partial charge < -0.3 is 15.0 Å². The van der Waals surface area contributed by atoms with Crippen molar-refractivity contribution < 1.29 is 19.4 Å². The van der Waals surface area contributed by atoms with Crippen LogP contribution in [0.3, 0.4) is 0 Å². The number of hydrogen-bond donors (Lipinski definition) is 1. The van der Waals surface area contributed by atoms with Crippen LogP contribution in [0.2, 0.25) is 0 Å². The predicted molar refractivity (Wildman–Crippen MR) is 128 cm³/mol. The van der Waals surface area contributed by atoms with Crippen LogP contribution in [0.5, 0.6) is 5.75 Å². The highest BCUT2D eigenvalue weighted by Crippen LogP contribution is 2.34. The Kier molecular flexibility index (Phi) is 6.09. The molecule has 0 radical (unpaired) electrons. The molecule has 0 aliphatic rings. The number of anilines is 2. The van der Waals surface area contributed by atoms with Gasteiger partial charge in [0, 0.05) is 46.0 Å². The normalized spacial score (nSPS) is 13.6. The Labute approximate surface area is 198 Å². The number of aromatic nitrogens is 1. The van der Waals surface area contributed by atoms with Gasteiger partial charge in [0.1, 0.15) is 17.6 Å². The summed E-state index contributed by atoms with van der Waals surface area (Å²) in [6.45, 7) is 1.20. The van der Waals surface area contributed by atoms with Crippen LogP contribution in [0.4, 0.5) is 15.8 Å². The second kappa shape index (κ2) is 10.7. The van der Waals surface area contributed by atoms with E-state index in [2.05, 4.69) is 16.4 Å². The van der Waals surface area contributed by atoms with E-state index in [1.807, 2.05) is 0 Å². The molecule has 0 aliphatic carbocycles. The molecule has 0 saturated carbocycles. The van der Waals surface area contributed by atoms with Crippen molar-refractivity contribution in [3.8, 4) is 11.8 Å². The molecule has 7 heteroatoms. The van der Waals surface area contributed by atoms with Crippen molar-refractivity contribution in [3.05, 3.63) is 71.2 Å². The Morgan fingerprint density at radius 1 is 1.42 bits per heavy atom. The molecule has 0 saturated heterocycles. The minimum atomic E-state index is -2.37. The molecule has 0 amide bonds. The average molecular weight is 451 g/mol. The quantitative estimate of drug-likeness (QED) is 0.466. The Morgan fingerprint density at radius 3 is 2.94 bits per heavy atom. The lowest BCUT2D eigenvalue weighted by Gasteiger charge is -2.15. The first-order valence-electron chi connectivity index (χ1n) is 12.4. The molecule has 3 aromatic rings. The van der Waals surface area contributed by atoms with E-state index >= 15 is 0 Å². The highest BCUT2D eigenvalue weighted by Gasteiger charge is 2.16. The van der Waals surface area contributed by atoms with Gasteiger partial charge in [-0.2, -0.15) is 5.26 Å². The second-order valence-corrected chi connectivity index (χ2v) is 7.51. The van der Waals surface area contributed by atoms with Gasteiger partial charge in [0.15, 0.2) is 5.78 Å². The van der Waals surface area contributed by atoms with Crippen molar-refractivity contribution in [2.24, 2.45) is 0 Å². The van der Waals surface area contributed by atoms with Gasteiger partial charge in [-0.1, -0.05) is 6.05 Å². The monoisotopic (exact) mass is 450 g/mol. The topological polar surface area (TPSA) is 78.2 Å². The number of rotatable bonds is 9. The maximum atomic E-state index is 13.8. The van der Waals surface area contributed by atoms with E-state index < -0.39 is 12.8 Å². The number of aryl methyl sites for hydroxylation is 1. The Balaban J connectivity index is 2.02. The van der Waals surface area contributed by atoms with Crippen LogP contribution in [0.15, 0.2) is 48.7 Å². The number of fused-ring (bicyclic) bond motifs is 1. The Hall–Kier alpha value is -3.76. The van der Waals surface area contributed by atoms with Gasteiger partial charge in [0.2, 0.25) is 0 Å². The minimum absolute atomic E-state index is 0.114. The summed E-state index contributed by atoms with van der Waals surface area (Å²) in [4.78, 5) is 18.2. The number of ketones is 1. The number of nitrogens with zero attached hydrogens (tertiary/aromatic N) is 3. The number of likely N-dealkylation sites (N-methyl/N-ethyl adjacent to an activating group) is 1. The van der Waals surface area contributed by atoms with Crippen molar-refractivity contribution in [2.75, 3.05) is 32.5 Å². The van der Waals surface area contributed by atoms with E-state index in [0.717, 1.165) is 11.0 Å². The van der Waals surface area contributed by atoms with E-state index in [4.69, 9.17) is 10.2 Å². The summed E-state index contributed by atoms with van der Waals surface area (Å²) in [5.41, 5.74) is 2.77. The van der Waals surface area contributed by atoms with Crippen LogP contribution < -0.4 is 10.1 Å². The Bertz CT molecular complexity index is 1400. The molecule has 0 unspecified atom stereocenters.